The van der Waals surface area contributed by atoms with Crippen LogP contribution in [0.4, 0.5) is 0 Å². The SMILES string of the molecule is CC[Si](/C=C/C(C)(O)C(C)(C)C)(CC)CC. The molecule has 0 fully saturated rings. The van der Waals surface area contributed by atoms with E-state index in [1.165, 1.54) is 18.1 Å². The van der Waals surface area contributed by atoms with E-state index < -0.39 is 13.7 Å². The van der Waals surface area contributed by atoms with Gasteiger partial charge in [0.15, 0.2) is 0 Å². The first-order chi connectivity index (χ1) is 7.14. The summed E-state index contributed by atoms with van der Waals surface area (Å²) in [4.78, 5) is 0. The van der Waals surface area contributed by atoms with Crippen molar-refractivity contribution >= 4 is 8.07 Å². The summed E-state index contributed by atoms with van der Waals surface area (Å²) in [7, 11) is -1.25. The van der Waals surface area contributed by atoms with Crippen LogP contribution in [0.5, 0.6) is 0 Å². The number of hydrogen-bond donors (Lipinski definition) is 1. The van der Waals surface area contributed by atoms with Crippen molar-refractivity contribution in [2.45, 2.75) is 72.2 Å². The average Bonchev–Trinajstić information content (AvgIpc) is 2.19. The monoisotopic (exact) mass is 242 g/mol. The van der Waals surface area contributed by atoms with Crippen molar-refractivity contribution in [2.75, 3.05) is 0 Å². The maximum absolute atomic E-state index is 10.4. The average molecular weight is 242 g/mol. The van der Waals surface area contributed by atoms with Crippen LogP contribution in [-0.4, -0.2) is 18.8 Å². The summed E-state index contributed by atoms with van der Waals surface area (Å²) in [6, 6.07) is 3.82. The largest absolute Gasteiger partial charge is 0.386 e. The third kappa shape index (κ3) is 3.74. The van der Waals surface area contributed by atoms with Crippen LogP contribution in [0.1, 0.15) is 48.5 Å². The second-order valence-corrected chi connectivity index (χ2v) is 11.3. The Kier molecular flexibility index (Phi) is 5.47. The molecular formula is C14H30OSi. The zero-order valence-corrected chi connectivity index (χ0v) is 13.2. The van der Waals surface area contributed by atoms with Crippen molar-refractivity contribution in [3.05, 3.63) is 11.8 Å². The zero-order valence-electron chi connectivity index (χ0n) is 12.2. The van der Waals surface area contributed by atoms with Gasteiger partial charge in [-0.05, 0) is 12.3 Å². The second-order valence-electron chi connectivity index (χ2n) is 6.15. The van der Waals surface area contributed by atoms with Crippen molar-refractivity contribution in [3.63, 3.8) is 0 Å². The molecule has 0 aliphatic rings. The molecule has 0 aromatic heterocycles. The highest BCUT2D eigenvalue weighted by Gasteiger charge is 2.34. The Hall–Kier alpha value is -0.0831. The van der Waals surface area contributed by atoms with Crippen molar-refractivity contribution in [2.24, 2.45) is 5.41 Å². The summed E-state index contributed by atoms with van der Waals surface area (Å²) >= 11 is 0. The Morgan fingerprint density at radius 1 is 0.938 bits per heavy atom. The van der Waals surface area contributed by atoms with Gasteiger partial charge in [0.2, 0.25) is 0 Å². The van der Waals surface area contributed by atoms with Crippen LogP contribution in [0, 0.1) is 5.41 Å². The highest BCUT2D eigenvalue weighted by Crippen LogP contribution is 2.32. The summed E-state index contributed by atoms with van der Waals surface area (Å²) < 4.78 is 0. The van der Waals surface area contributed by atoms with Crippen molar-refractivity contribution in [1.82, 2.24) is 0 Å². The van der Waals surface area contributed by atoms with Crippen LogP contribution in [-0.2, 0) is 0 Å². The lowest BCUT2D eigenvalue weighted by atomic mass is 9.78. The van der Waals surface area contributed by atoms with Gasteiger partial charge in [-0.3, -0.25) is 0 Å². The van der Waals surface area contributed by atoms with Gasteiger partial charge >= 0.3 is 0 Å². The Balaban J connectivity index is 4.95. The first-order valence-electron chi connectivity index (χ1n) is 6.57. The summed E-state index contributed by atoms with van der Waals surface area (Å²) in [5.41, 5.74) is 1.57. The predicted octanol–water partition coefficient (Wildman–Crippen LogP) is 4.39. The summed E-state index contributed by atoms with van der Waals surface area (Å²) in [5.74, 6) is 0. The molecule has 0 rings (SSSR count). The molecule has 0 spiro atoms. The van der Waals surface area contributed by atoms with E-state index in [1.807, 2.05) is 6.92 Å². The van der Waals surface area contributed by atoms with Gasteiger partial charge in [-0.2, -0.15) is 0 Å². The van der Waals surface area contributed by atoms with Crippen LogP contribution in [0.2, 0.25) is 18.1 Å². The van der Waals surface area contributed by atoms with E-state index in [2.05, 4.69) is 53.3 Å². The molecule has 0 aromatic rings. The lowest BCUT2D eigenvalue weighted by Crippen LogP contribution is -2.39. The highest BCUT2D eigenvalue weighted by molar-refractivity contribution is 6.84. The van der Waals surface area contributed by atoms with E-state index in [-0.39, 0.29) is 5.41 Å². The van der Waals surface area contributed by atoms with Crippen molar-refractivity contribution in [1.29, 1.82) is 0 Å². The first-order valence-corrected chi connectivity index (χ1v) is 9.26. The smallest absolute Gasteiger partial charge is 0.0844 e. The minimum Gasteiger partial charge on any atom is -0.386 e. The predicted molar refractivity (Wildman–Crippen MR) is 76.4 cm³/mol. The Morgan fingerprint density at radius 3 is 1.56 bits per heavy atom. The Bertz CT molecular complexity index is 219. The van der Waals surface area contributed by atoms with E-state index in [0.717, 1.165) is 0 Å². The molecule has 0 saturated carbocycles. The minimum absolute atomic E-state index is 0.0983. The van der Waals surface area contributed by atoms with E-state index in [4.69, 9.17) is 0 Å². The molecule has 0 amide bonds. The number of aliphatic hydroxyl groups is 1. The molecule has 0 heterocycles. The fraction of sp³-hybridized carbons (Fsp3) is 0.857. The van der Waals surface area contributed by atoms with E-state index >= 15 is 0 Å². The maximum atomic E-state index is 10.4. The maximum Gasteiger partial charge on any atom is 0.0844 e. The van der Waals surface area contributed by atoms with Crippen LogP contribution >= 0.6 is 0 Å². The van der Waals surface area contributed by atoms with Crippen LogP contribution in [0.15, 0.2) is 11.8 Å². The molecule has 2 heteroatoms. The molecule has 0 aliphatic heterocycles. The number of hydrogen-bond acceptors (Lipinski definition) is 1. The summed E-state index contributed by atoms with van der Waals surface area (Å²) in [6.07, 6.45) is 2.07. The van der Waals surface area contributed by atoms with E-state index in [0.29, 0.717) is 0 Å². The van der Waals surface area contributed by atoms with Crippen LogP contribution in [0.25, 0.3) is 0 Å². The molecule has 16 heavy (non-hydrogen) atoms. The van der Waals surface area contributed by atoms with Gasteiger partial charge in [-0.15, -0.1) is 0 Å². The molecular weight excluding hydrogens is 212 g/mol. The third-order valence-corrected chi connectivity index (χ3v) is 9.49. The minimum atomic E-state index is -1.25. The number of rotatable bonds is 5. The molecule has 1 N–H and O–H groups in total. The van der Waals surface area contributed by atoms with Gasteiger partial charge < -0.3 is 5.11 Å². The molecule has 1 atom stereocenters. The molecule has 1 nitrogen and oxygen atoms in total. The zero-order chi connectivity index (χ0) is 13.0. The molecule has 0 aromatic carbocycles. The Morgan fingerprint density at radius 2 is 1.31 bits per heavy atom. The lowest BCUT2D eigenvalue weighted by Gasteiger charge is -2.36. The molecule has 0 bridgehead atoms. The van der Waals surface area contributed by atoms with Crippen molar-refractivity contribution < 1.29 is 5.11 Å². The van der Waals surface area contributed by atoms with Crippen molar-refractivity contribution in [3.8, 4) is 0 Å². The molecule has 1 unspecified atom stereocenters. The normalized spacial score (nSPS) is 17.8. The molecule has 0 saturated heterocycles. The summed E-state index contributed by atoms with van der Waals surface area (Å²) in [5, 5.41) is 10.4. The fourth-order valence-electron chi connectivity index (χ4n) is 1.69. The fourth-order valence-corrected chi connectivity index (χ4v) is 4.58. The van der Waals surface area contributed by atoms with E-state index in [9.17, 15) is 5.11 Å². The molecule has 0 aliphatic carbocycles. The Labute approximate surface area is 103 Å². The van der Waals surface area contributed by atoms with Gasteiger partial charge in [-0.1, -0.05) is 71.5 Å². The third-order valence-electron chi connectivity index (χ3n) is 4.39. The van der Waals surface area contributed by atoms with Gasteiger partial charge in [0.1, 0.15) is 0 Å². The van der Waals surface area contributed by atoms with E-state index in [1.54, 1.807) is 0 Å². The van der Waals surface area contributed by atoms with Gasteiger partial charge in [-0.25, -0.2) is 0 Å². The first kappa shape index (κ1) is 15.9. The van der Waals surface area contributed by atoms with Gasteiger partial charge in [0, 0.05) is 0 Å². The summed E-state index contributed by atoms with van der Waals surface area (Å²) in [6.45, 7) is 15.0. The van der Waals surface area contributed by atoms with Crippen LogP contribution in [0.3, 0.4) is 0 Å². The quantitative estimate of drug-likeness (QED) is 0.709. The van der Waals surface area contributed by atoms with Crippen LogP contribution < -0.4 is 0 Å². The highest BCUT2D eigenvalue weighted by atomic mass is 28.3. The standard InChI is InChI=1S/C14H30OSi/c1-8-16(9-2,10-3)12-11-14(7,15)13(4,5)6/h11-12,15H,8-10H2,1-7H3/b12-11+. The molecule has 96 valence electrons. The van der Waals surface area contributed by atoms with Gasteiger partial charge in [0.25, 0.3) is 0 Å². The van der Waals surface area contributed by atoms with Gasteiger partial charge in [0.05, 0.1) is 13.7 Å². The topological polar surface area (TPSA) is 20.2 Å². The second kappa shape index (κ2) is 5.50. The lowest BCUT2D eigenvalue weighted by molar-refractivity contribution is 0.00373. The molecule has 0 radical (unpaired) electrons.